The molecule has 0 radical (unpaired) electrons. The summed E-state index contributed by atoms with van der Waals surface area (Å²) in [6, 6.07) is 6.20. The fraction of sp³-hybridized carbons (Fsp3) is 0.682. The molecular formula is C22H35N3O4. The van der Waals surface area contributed by atoms with E-state index in [1.807, 2.05) is 18.2 Å². The van der Waals surface area contributed by atoms with Crippen LogP contribution in [-0.4, -0.2) is 56.7 Å². The van der Waals surface area contributed by atoms with Gasteiger partial charge in [-0.05, 0) is 50.8 Å². The Labute approximate surface area is 173 Å². The van der Waals surface area contributed by atoms with E-state index in [4.69, 9.17) is 24.3 Å². The van der Waals surface area contributed by atoms with Crippen molar-refractivity contribution in [3.63, 3.8) is 0 Å². The number of nitrogens with one attached hydrogen (secondary N) is 2. The molecule has 3 rings (SSSR count). The first-order valence-electron chi connectivity index (χ1n) is 10.7. The van der Waals surface area contributed by atoms with Gasteiger partial charge in [-0.25, -0.2) is 4.99 Å². The van der Waals surface area contributed by atoms with Gasteiger partial charge in [0.05, 0.1) is 26.4 Å². The van der Waals surface area contributed by atoms with Gasteiger partial charge in [0.15, 0.2) is 17.5 Å². The second-order valence-electron chi connectivity index (χ2n) is 7.72. The largest absolute Gasteiger partial charge is 0.493 e. The molecule has 1 aromatic rings. The fourth-order valence-corrected chi connectivity index (χ4v) is 4.38. The highest BCUT2D eigenvalue weighted by molar-refractivity contribution is 5.80. The normalized spacial score (nSPS) is 22.6. The summed E-state index contributed by atoms with van der Waals surface area (Å²) in [5.41, 5.74) is 1.33. The van der Waals surface area contributed by atoms with Gasteiger partial charge in [0, 0.05) is 24.6 Å². The van der Waals surface area contributed by atoms with Crippen LogP contribution in [-0.2, 0) is 11.3 Å². The number of aliphatic hydroxyl groups excluding tert-OH is 1. The molecule has 2 saturated carbocycles. The highest BCUT2D eigenvalue weighted by Crippen LogP contribution is 2.57. The predicted octanol–water partition coefficient (Wildman–Crippen LogP) is 2.47. The summed E-state index contributed by atoms with van der Waals surface area (Å²) in [7, 11) is 1.61. The molecule has 0 amide bonds. The Morgan fingerprint density at radius 3 is 2.72 bits per heavy atom. The fourth-order valence-electron chi connectivity index (χ4n) is 4.38. The summed E-state index contributed by atoms with van der Waals surface area (Å²) in [6.07, 6.45) is 5.20. The minimum absolute atomic E-state index is 0.0280. The number of nitrogens with zero attached hydrogens (tertiary/aromatic N) is 1. The van der Waals surface area contributed by atoms with Crippen molar-refractivity contribution in [2.45, 2.75) is 58.2 Å². The standard InChI is InChI=1S/C22H35N3O4/c1-4-23-21(25-19-14-20(28-5-2)22(19)9-6-10-22)24-15-16-7-8-17(29-12-11-26)18(13-16)27-3/h7-8,13,19-20,26H,4-6,9-12,14-15H2,1-3H3,(H2,23,24,25). The maximum Gasteiger partial charge on any atom is 0.191 e. The number of benzene rings is 1. The Morgan fingerprint density at radius 1 is 1.28 bits per heavy atom. The van der Waals surface area contributed by atoms with Crippen molar-refractivity contribution in [3.8, 4) is 11.5 Å². The van der Waals surface area contributed by atoms with Gasteiger partial charge < -0.3 is 30.0 Å². The number of aliphatic imine (C=N–C) groups is 1. The molecule has 0 bridgehead atoms. The first-order valence-corrected chi connectivity index (χ1v) is 10.7. The van der Waals surface area contributed by atoms with Crippen molar-refractivity contribution in [1.82, 2.24) is 10.6 Å². The number of hydrogen-bond acceptors (Lipinski definition) is 5. The maximum atomic E-state index is 8.94. The molecule has 29 heavy (non-hydrogen) atoms. The molecule has 7 heteroatoms. The molecule has 1 spiro atoms. The van der Waals surface area contributed by atoms with Gasteiger partial charge in [0.1, 0.15) is 6.61 Å². The van der Waals surface area contributed by atoms with Crippen LogP contribution in [0.15, 0.2) is 23.2 Å². The molecule has 1 aromatic carbocycles. The summed E-state index contributed by atoms with van der Waals surface area (Å²) < 4.78 is 16.9. The number of guanidine groups is 1. The zero-order valence-corrected chi connectivity index (χ0v) is 17.9. The van der Waals surface area contributed by atoms with E-state index < -0.39 is 0 Å². The summed E-state index contributed by atoms with van der Waals surface area (Å²) in [5, 5.41) is 16.0. The number of rotatable bonds is 10. The first kappa shape index (κ1) is 21.7. The van der Waals surface area contributed by atoms with Crippen LogP contribution in [0.1, 0.15) is 45.1 Å². The summed E-state index contributed by atoms with van der Waals surface area (Å²) in [5.74, 6) is 2.12. The summed E-state index contributed by atoms with van der Waals surface area (Å²) in [4.78, 5) is 4.78. The molecule has 2 unspecified atom stereocenters. The van der Waals surface area contributed by atoms with Crippen molar-refractivity contribution in [2.24, 2.45) is 10.4 Å². The molecule has 0 aliphatic heterocycles. The van der Waals surface area contributed by atoms with Crippen molar-refractivity contribution >= 4 is 5.96 Å². The summed E-state index contributed by atoms with van der Waals surface area (Å²) >= 11 is 0. The van der Waals surface area contributed by atoms with Crippen molar-refractivity contribution in [2.75, 3.05) is 33.5 Å². The van der Waals surface area contributed by atoms with Crippen LogP contribution < -0.4 is 20.1 Å². The minimum Gasteiger partial charge on any atom is -0.493 e. The van der Waals surface area contributed by atoms with E-state index in [0.29, 0.717) is 35.6 Å². The average molecular weight is 406 g/mol. The quantitative estimate of drug-likeness (QED) is 0.410. The van der Waals surface area contributed by atoms with E-state index in [1.165, 1.54) is 19.3 Å². The van der Waals surface area contributed by atoms with E-state index in [0.717, 1.165) is 31.1 Å². The van der Waals surface area contributed by atoms with Crippen LogP contribution in [0.2, 0.25) is 0 Å². The monoisotopic (exact) mass is 405 g/mol. The van der Waals surface area contributed by atoms with E-state index >= 15 is 0 Å². The summed E-state index contributed by atoms with van der Waals surface area (Å²) in [6.45, 7) is 6.52. The molecule has 2 aliphatic rings. The number of ether oxygens (including phenoxy) is 3. The molecule has 2 atom stereocenters. The van der Waals surface area contributed by atoms with Gasteiger partial charge in [0.25, 0.3) is 0 Å². The Kier molecular flexibility index (Phi) is 7.61. The lowest BCUT2D eigenvalue weighted by atomic mass is 9.51. The van der Waals surface area contributed by atoms with Gasteiger partial charge in [-0.3, -0.25) is 0 Å². The van der Waals surface area contributed by atoms with E-state index in [-0.39, 0.29) is 13.2 Å². The third-order valence-corrected chi connectivity index (χ3v) is 6.09. The zero-order chi connectivity index (χ0) is 20.7. The van der Waals surface area contributed by atoms with Gasteiger partial charge in [0.2, 0.25) is 0 Å². The maximum absolute atomic E-state index is 8.94. The average Bonchev–Trinajstić information content (AvgIpc) is 2.68. The lowest BCUT2D eigenvalue weighted by Crippen LogP contribution is -2.68. The van der Waals surface area contributed by atoms with E-state index in [9.17, 15) is 0 Å². The molecule has 0 aromatic heterocycles. The molecule has 0 heterocycles. The van der Waals surface area contributed by atoms with Crippen molar-refractivity contribution in [1.29, 1.82) is 0 Å². The first-order chi connectivity index (χ1) is 14.2. The smallest absolute Gasteiger partial charge is 0.191 e. The Morgan fingerprint density at radius 2 is 2.10 bits per heavy atom. The third kappa shape index (κ3) is 4.78. The van der Waals surface area contributed by atoms with Gasteiger partial charge in [-0.15, -0.1) is 0 Å². The van der Waals surface area contributed by atoms with Gasteiger partial charge in [-0.1, -0.05) is 12.5 Å². The zero-order valence-electron chi connectivity index (χ0n) is 17.9. The van der Waals surface area contributed by atoms with Crippen LogP contribution in [0.5, 0.6) is 11.5 Å². The third-order valence-electron chi connectivity index (χ3n) is 6.09. The second kappa shape index (κ2) is 10.2. The Balaban J connectivity index is 1.64. The highest BCUT2D eigenvalue weighted by atomic mass is 16.5. The number of hydrogen-bond donors (Lipinski definition) is 3. The molecule has 0 saturated heterocycles. The van der Waals surface area contributed by atoms with Gasteiger partial charge in [-0.2, -0.15) is 0 Å². The highest BCUT2D eigenvalue weighted by Gasteiger charge is 2.59. The second-order valence-corrected chi connectivity index (χ2v) is 7.72. The lowest BCUT2D eigenvalue weighted by Gasteiger charge is -2.61. The van der Waals surface area contributed by atoms with Crippen molar-refractivity contribution < 1.29 is 19.3 Å². The molecule has 162 valence electrons. The van der Waals surface area contributed by atoms with Crippen LogP contribution in [0.3, 0.4) is 0 Å². The van der Waals surface area contributed by atoms with Crippen molar-refractivity contribution in [3.05, 3.63) is 23.8 Å². The minimum atomic E-state index is -0.0280. The SMILES string of the molecule is CCNC(=NCc1ccc(OCCO)c(OC)c1)NC1CC(OCC)C12CCC2. The predicted molar refractivity (Wildman–Crippen MR) is 114 cm³/mol. The Hall–Kier alpha value is -1.99. The van der Waals surface area contributed by atoms with Gasteiger partial charge >= 0.3 is 0 Å². The van der Waals surface area contributed by atoms with Crippen LogP contribution in [0, 0.1) is 5.41 Å². The van der Waals surface area contributed by atoms with Crippen LogP contribution >= 0.6 is 0 Å². The van der Waals surface area contributed by atoms with E-state index in [1.54, 1.807) is 7.11 Å². The molecule has 3 N–H and O–H groups in total. The van der Waals surface area contributed by atoms with Crippen LogP contribution in [0.4, 0.5) is 0 Å². The van der Waals surface area contributed by atoms with E-state index in [2.05, 4.69) is 24.5 Å². The number of methoxy groups -OCH3 is 1. The molecular weight excluding hydrogens is 370 g/mol. The van der Waals surface area contributed by atoms with Crippen LogP contribution in [0.25, 0.3) is 0 Å². The lowest BCUT2D eigenvalue weighted by molar-refractivity contribution is -0.168. The number of aliphatic hydroxyl groups is 1. The molecule has 2 aliphatic carbocycles. The molecule has 7 nitrogen and oxygen atoms in total. The molecule has 2 fully saturated rings. The Bertz CT molecular complexity index is 691. The topological polar surface area (TPSA) is 84.3 Å².